The van der Waals surface area contributed by atoms with Gasteiger partial charge in [0.15, 0.2) is 0 Å². The quantitative estimate of drug-likeness (QED) is 0.669. The predicted octanol–water partition coefficient (Wildman–Crippen LogP) is 5.50. The van der Waals surface area contributed by atoms with Crippen LogP contribution in [0.1, 0.15) is 36.2 Å². The average molecular weight is 356 g/mol. The summed E-state index contributed by atoms with van der Waals surface area (Å²) in [5.41, 5.74) is 4.51. The molecular weight excluding hydrogens is 332 g/mol. The Hall–Kier alpha value is -3.07. The number of benzene rings is 3. The Labute approximate surface area is 160 Å². The van der Waals surface area contributed by atoms with Gasteiger partial charge in [-0.2, -0.15) is 0 Å². The Morgan fingerprint density at radius 3 is 2.19 bits per heavy atom. The molecule has 0 spiro atoms. The van der Waals surface area contributed by atoms with Crippen molar-refractivity contribution in [3.05, 3.63) is 90.0 Å². The van der Waals surface area contributed by atoms with Crippen LogP contribution in [0.2, 0.25) is 0 Å². The van der Waals surface area contributed by atoms with E-state index >= 15 is 0 Å². The van der Waals surface area contributed by atoms with Crippen molar-refractivity contribution < 1.29 is 4.79 Å². The summed E-state index contributed by atoms with van der Waals surface area (Å²) in [6, 6.07) is 26.6. The van der Waals surface area contributed by atoms with Crippen LogP contribution in [0.5, 0.6) is 0 Å². The van der Waals surface area contributed by atoms with E-state index in [1.165, 1.54) is 11.1 Å². The van der Waals surface area contributed by atoms with E-state index in [-0.39, 0.29) is 5.91 Å². The van der Waals surface area contributed by atoms with Crippen LogP contribution in [0, 0.1) is 0 Å². The Bertz CT molecular complexity index is 950. The minimum absolute atomic E-state index is 0.0841. The average Bonchev–Trinajstić information content (AvgIpc) is 2.72. The number of para-hydroxylation sites is 1. The highest BCUT2D eigenvalue weighted by Gasteiger charge is 2.41. The molecule has 1 aliphatic heterocycles. The summed E-state index contributed by atoms with van der Waals surface area (Å²) in [7, 11) is 0. The molecule has 0 bridgehead atoms. The highest BCUT2D eigenvalue weighted by Crippen LogP contribution is 2.38. The first-order chi connectivity index (χ1) is 13.1. The zero-order valence-electron chi connectivity index (χ0n) is 15.8. The number of nitrogens with zero attached hydrogens (tertiary/aromatic N) is 1. The van der Waals surface area contributed by atoms with Crippen LogP contribution >= 0.6 is 0 Å². The number of anilines is 1. The van der Waals surface area contributed by atoms with Gasteiger partial charge in [0.05, 0.1) is 5.56 Å². The Kier molecular flexibility index (Phi) is 4.44. The van der Waals surface area contributed by atoms with Crippen LogP contribution in [0.3, 0.4) is 0 Å². The minimum atomic E-state index is -0.573. The zero-order valence-corrected chi connectivity index (χ0v) is 15.8. The molecule has 1 unspecified atom stereocenters. The Morgan fingerprint density at radius 2 is 1.48 bits per heavy atom. The van der Waals surface area contributed by atoms with Gasteiger partial charge in [0.2, 0.25) is 0 Å². The number of rotatable bonds is 4. The van der Waals surface area contributed by atoms with E-state index in [0.717, 1.165) is 23.2 Å². The maximum Gasteiger partial charge on any atom is 0.258 e. The van der Waals surface area contributed by atoms with Crippen molar-refractivity contribution in [1.82, 2.24) is 4.90 Å². The lowest BCUT2D eigenvalue weighted by Crippen LogP contribution is -2.56. The van der Waals surface area contributed by atoms with Crippen molar-refractivity contribution in [3.8, 4) is 11.1 Å². The second kappa shape index (κ2) is 6.92. The molecule has 136 valence electrons. The number of fused-ring (bicyclic) bond motifs is 1. The molecule has 0 aromatic heterocycles. The molecular formula is C24H24N2O. The van der Waals surface area contributed by atoms with Gasteiger partial charge in [0.1, 0.15) is 5.66 Å². The fourth-order valence-electron chi connectivity index (χ4n) is 3.85. The highest BCUT2D eigenvalue weighted by molar-refractivity contribution is 6.02. The van der Waals surface area contributed by atoms with E-state index in [0.29, 0.717) is 6.54 Å². The SMILES string of the molecule is CCCN1C(=O)c2ccccc2NC1(C)c1ccc(-c2ccccc2)cc1. The summed E-state index contributed by atoms with van der Waals surface area (Å²) in [6.07, 6.45) is 0.910. The number of carbonyl (C=O) groups is 1. The van der Waals surface area contributed by atoms with Gasteiger partial charge in [-0.05, 0) is 42.2 Å². The highest BCUT2D eigenvalue weighted by atomic mass is 16.2. The van der Waals surface area contributed by atoms with Crippen LogP contribution < -0.4 is 5.32 Å². The van der Waals surface area contributed by atoms with Crippen molar-refractivity contribution in [3.63, 3.8) is 0 Å². The lowest BCUT2D eigenvalue weighted by atomic mass is 9.92. The first-order valence-electron chi connectivity index (χ1n) is 9.48. The standard InChI is InChI=1S/C24H24N2O/c1-3-17-26-23(27)21-11-7-8-12-22(21)25-24(26,2)20-15-13-19(14-16-20)18-9-5-4-6-10-18/h4-16,25H,3,17H2,1-2H3. The third-order valence-corrected chi connectivity index (χ3v) is 5.32. The normalized spacial score (nSPS) is 18.7. The molecule has 4 rings (SSSR count). The van der Waals surface area contributed by atoms with E-state index in [2.05, 4.69) is 55.6 Å². The number of carbonyl (C=O) groups excluding carboxylic acids is 1. The van der Waals surface area contributed by atoms with Crippen LogP contribution in [0.4, 0.5) is 5.69 Å². The summed E-state index contributed by atoms with van der Waals surface area (Å²) < 4.78 is 0. The molecule has 0 fully saturated rings. The molecule has 1 amide bonds. The van der Waals surface area contributed by atoms with Gasteiger partial charge < -0.3 is 10.2 Å². The number of hydrogen-bond acceptors (Lipinski definition) is 2. The molecule has 0 saturated carbocycles. The fraction of sp³-hybridized carbons (Fsp3) is 0.208. The maximum atomic E-state index is 13.2. The second-order valence-corrected chi connectivity index (χ2v) is 7.14. The molecule has 27 heavy (non-hydrogen) atoms. The molecule has 0 aliphatic carbocycles. The van der Waals surface area contributed by atoms with Gasteiger partial charge in [-0.1, -0.05) is 73.7 Å². The summed E-state index contributed by atoms with van der Waals surface area (Å²) in [5, 5.41) is 3.62. The van der Waals surface area contributed by atoms with Gasteiger partial charge >= 0.3 is 0 Å². The molecule has 1 atom stereocenters. The summed E-state index contributed by atoms with van der Waals surface area (Å²) in [4.78, 5) is 15.1. The lowest BCUT2D eigenvalue weighted by molar-refractivity contribution is 0.0535. The monoisotopic (exact) mass is 356 g/mol. The fourth-order valence-corrected chi connectivity index (χ4v) is 3.85. The number of nitrogens with one attached hydrogen (secondary N) is 1. The van der Waals surface area contributed by atoms with Crippen molar-refractivity contribution in [2.24, 2.45) is 0 Å². The summed E-state index contributed by atoms with van der Waals surface area (Å²) in [6.45, 7) is 4.90. The molecule has 3 aromatic rings. The number of amides is 1. The Morgan fingerprint density at radius 1 is 0.852 bits per heavy atom. The van der Waals surface area contributed by atoms with Crippen LogP contribution in [0.25, 0.3) is 11.1 Å². The molecule has 0 radical (unpaired) electrons. The van der Waals surface area contributed by atoms with Gasteiger partial charge in [0.25, 0.3) is 5.91 Å². The van der Waals surface area contributed by atoms with E-state index < -0.39 is 5.66 Å². The van der Waals surface area contributed by atoms with Crippen molar-refractivity contribution >= 4 is 11.6 Å². The molecule has 1 aliphatic rings. The van der Waals surface area contributed by atoms with Gasteiger partial charge in [-0.3, -0.25) is 4.79 Å². The Balaban J connectivity index is 1.75. The van der Waals surface area contributed by atoms with Crippen molar-refractivity contribution in [1.29, 1.82) is 0 Å². The van der Waals surface area contributed by atoms with Crippen LogP contribution in [-0.2, 0) is 5.66 Å². The molecule has 1 N–H and O–H groups in total. The van der Waals surface area contributed by atoms with Crippen LogP contribution in [0.15, 0.2) is 78.9 Å². The van der Waals surface area contributed by atoms with E-state index in [9.17, 15) is 4.79 Å². The summed E-state index contributed by atoms with van der Waals surface area (Å²) >= 11 is 0. The molecule has 3 nitrogen and oxygen atoms in total. The van der Waals surface area contributed by atoms with E-state index in [1.807, 2.05) is 47.4 Å². The lowest BCUT2D eigenvalue weighted by Gasteiger charge is -2.46. The van der Waals surface area contributed by atoms with E-state index in [4.69, 9.17) is 0 Å². The molecule has 3 heteroatoms. The molecule has 3 aromatic carbocycles. The topological polar surface area (TPSA) is 32.3 Å². The van der Waals surface area contributed by atoms with Gasteiger partial charge in [-0.15, -0.1) is 0 Å². The predicted molar refractivity (Wildman–Crippen MR) is 111 cm³/mol. The maximum absolute atomic E-state index is 13.2. The van der Waals surface area contributed by atoms with E-state index in [1.54, 1.807) is 0 Å². The molecule has 1 heterocycles. The van der Waals surface area contributed by atoms with Crippen molar-refractivity contribution in [2.75, 3.05) is 11.9 Å². The molecule has 0 saturated heterocycles. The number of hydrogen-bond donors (Lipinski definition) is 1. The minimum Gasteiger partial charge on any atom is -0.358 e. The van der Waals surface area contributed by atoms with Crippen LogP contribution in [-0.4, -0.2) is 17.4 Å². The third kappa shape index (κ3) is 2.99. The third-order valence-electron chi connectivity index (χ3n) is 5.32. The van der Waals surface area contributed by atoms with Gasteiger partial charge in [0, 0.05) is 12.2 Å². The zero-order chi connectivity index (χ0) is 18.9. The smallest absolute Gasteiger partial charge is 0.258 e. The first kappa shape index (κ1) is 17.3. The first-order valence-corrected chi connectivity index (χ1v) is 9.48. The van der Waals surface area contributed by atoms with Gasteiger partial charge in [-0.25, -0.2) is 0 Å². The summed E-state index contributed by atoms with van der Waals surface area (Å²) in [5.74, 6) is 0.0841. The largest absolute Gasteiger partial charge is 0.358 e. The second-order valence-electron chi connectivity index (χ2n) is 7.14. The van der Waals surface area contributed by atoms with Crippen molar-refractivity contribution in [2.45, 2.75) is 25.9 Å².